The van der Waals surface area contributed by atoms with Gasteiger partial charge in [0.2, 0.25) is 5.91 Å². The van der Waals surface area contributed by atoms with Crippen LogP contribution in [0.15, 0.2) is 48.5 Å². The lowest BCUT2D eigenvalue weighted by molar-refractivity contribution is -0.384. The molecular weight excluding hydrogens is 440 g/mol. The fourth-order valence-corrected chi connectivity index (χ4v) is 3.69. The van der Waals surface area contributed by atoms with Gasteiger partial charge < -0.3 is 10.6 Å². The second-order valence-corrected chi connectivity index (χ2v) is 8.26. The first-order valence-electron chi connectivity index (χ1n) is 11.0. The van der Waals surface area contributed by atoms with Crippen LogP contribution in [0.25, 0.3) is 0 Å². The monoisotopic (exact) mass is 466 g/mol. The molecule has 3 rings (SSSR count). The summed E-state index contributed by atoms with van der Waals surface area (Å²) in [6.07, 6.45) is 3.24. The van der Waals surface area contributed by atoms with Crippen molar-refractivity contribution in [1.82, 2.24) is 10.2 Å². The molecule has 1 atom stereocenters. The van der Waals surface area contributed by atoms with E-state index in [-0.39, 0.29) is 17.2 Å². The third-order valence-electron chi connectivity index (χ3n) is 5.73. The molecule has 1 fully saturated rings. The lowest BCUT2D eigenvalue weighted by atomic mass is 9.92. The minimum atomic E-state index is -1.45. The van der Waals surface area contributed by atoms with Gasteiger partial charge >= 0.3 is 6.03 Å². The largest absolute Gasteiger partial charge is 0.326 e. The Labute approximate surface area is 196 Å². The Hall–Kier alpha value is -4.08. The molecule has 10 heteroatoms. The van der Waals surface area contributed by atoms with Gasteiger partial charge in [0.1, 0.15) is 5.54 Å². The van der Waals surface area contributed by atoms with Crippen molar-refractivity contribution in [2.45, 2.75) is 45.1 Å². The van der Waals surface area contributed by atoms with Gasteiger partial charge in [0.15, 0.2) is 5.78 Å². The van der Waals surface area contributed by atoms with Crippen LogP contribution < -0.4 is 10.6 Å². The van der Waals surface area contributed by atoms with Crippen LogP contribution in [-0.2, 0) is 15.1 Å². The summed E-state index contributed by atoms with van der Waals surface area (Å²) in [6, 6.07) is 10.8. The maximum Gasteiger partial charge on any atom is 0.325 e. The Morgan fingerprint density at radius 2 is 1.71 bits per heavy atom. The van der Waals surface area contributed by atoms with Crippen molar-refractivity contribution in [3.8, 4) is 0 Å². The van der Waals surface area contributed by atoms with E-state index in [0.29, 0.717) is 17.7 Å². The van der Waals surface area contributed by atoms with Gasteiger partial charge in [-0.15, -0.1) is 0 Å². The van der Waals surface area contributed by atoms with Crippen LogP contribution in [0.1, 0.15) is 55.5 Å². The number of ketones is 1. The number of unbranched alkanes of at least 4 members (excludes halogenated alkanes) is 2. The van der Waals surface area contributed by atoms with Crippen LogP contribution in [-0.4, -0.2) is 40.0 Å². The molecule has 4 amide bonds. The molecule has 2 aromatic carbocycles. The average Bonchev–Trinajstić information content (AvgIpc) is 3.03. The minimum absolute atomic E-state index is 0.0996. The topological polar surface area (TPSA) is 139 Å². The van der Waals surface area contributed by atoms with E-state index in [1.807, 2.05) is 0 Å². The van der Waals surface area contributed by atoms with E-state index >= 15 is 0 Å². The van der Waals surface area contributed by atoms with Crippen molar-refractivity contribution in [2.24, 2.45) is 0 Å². The number of amides is 4. The zero-order valence-electron chi connectivity index (χ0n) is 19.0. The first kappa shape index (κ1) is 24.6. The minimum Gasteiger partial charge on any atom is -0.326 e. The molecule has 0 radical (unpaired) electrons. The SMILES string of the molecule is CCCCCC(=O)Nc1ccc(C(=O)CN2C(=O)N[C@@](C)(c3ccc([N+](=O)[O-])cc3)C2=O)cc1. The van der Waals surface area contributed by atoms with Crippen molar-refractivity contribution in [2.75, 3.05) is 11.9 Å². The lowest BCUT2D eigenvalue weighted by Gasteiger charge is -2.22. The first-order valence-corrected chi connectivity index (χ1v) is 11.0. The van der Waals surface area contributed by atoms with Crippen LogP contribution in [0.5, 0.6) is 0 Å². The normalized spacial score (nSPS) is 17.4. The maximum atomic E-state index is 13.0. The summed E-state index contributed by atoms with van der Waals surface area (Å²) >= 11 is 0. The van der Waals surface area contributed by atoms with Crippen LogP contribution in [0.4, 0.5) is 16.2 Å². The van der Waals surface area contributed by atoms with Gasteiger partial charge in [-0.3, -0.25) is 29.4 Å². The van der Waals surface area contributed by atoms with Crippen LogP contribution in [0, 0.1) is 10.1 Å². The van der Waals surface area contributed by atoms with Crippen molar-refractivity contribution >= 4 is 35.0 Å². The lowest BCUT2D eigenvalue weighted by Crippen LogP contribution is -2.41. The van der Waals surface area contributed by atoms with E-state index in [1.54, 1.807) is 12.1 Å². The van der Waals surface area contributed by atoms with Crippen LogP contribution in [0.3, 0.4) is 0 Å². The molecule has 1 heterocycles. The van der Waals surface area contributed by atoms with Gasteiger partial charge in [-0.25, -0.2) is 4.79 Å². The number of benzene rings is 2. The zero-order valence-corrected chi connectivity index (χ0v) is 19.0. The molecule has 0 bridgehead atoms. The summed E-state index contributed by atoms with van der Waals surface area (Å²) in [5.74, 6) is -1.18. The van der Waals surface area contributed by atoms with Gasteiger partial charge in [-0.2, -0.15) is 0 Å². The Kier molecular flexibility index (Phi) is 7.40. The number of nitrogens with zero attached hydrogens (tertiary/aromatic N) is 2. The number of non-ortho nitro benzene ring substituents is 1. The molecule has 10 nitrogen and oxygen atoms in total. The second-order valence-electron chi connectivity index (χ2n) is 8.26. The number of Topliss-reactive ketones (excluding diaryl/α,β-unsaturated/α-hetero) is 1. The molecule has 0 unspecified atom stereocenters. The van der Waals surface area contributed by atoms with E-state index in [9.17, 15) is 29.3 Å². The van der Waals surface area contributed by atoms with Gasteiger partial charge in [-0.1, -0.05) is 19.8 Å². The second kappa shape index (κ2) is 10.2. The van der Waals surface area contributed by atoms with E-state index in [4.69, 9.17) is 0 Å². The highest BCUT2D eigenvalue weighted by atomic mass is 16.6. The number of imide groups is 1. The fraction of sp³-hybridized carbons (Fsp3) is 0.333. The van der Waals surface area contributed by atoms with Crippen LogP contribution >= 0.6 is 0 Å². The molecule has 0 aromatic heterocycles. The predicted octanol–water partition coefficient (Wildman–Crippen LogP) is 3.76. The number of carbonyl (C=O) groups is 4. The zero-order chi connectivity index (χ0) is 24.9. The molecule has 0 spiro atoms. The number of hydrogen-bond acceptors (Lipinski definition) is 6. The molecule has 2 aromatic rings. The summed E-state index contributed by atoms with van der Waals surface area (Å²) in [7, 11) is 0. The number of nitro groups is 1. The van der Waals surface area contributed by atoms with E-state index in [0.717, 1.165) is 24.2 Å². The van der Waals surface area contributed by atoms with Crippen LogP contribution in [0.2, 0.25) is 0 Å². The molecule has 2 N–H and O–H groups in total. The molecule has 1 aliphatic rings. The Bertz CT molecular complexity index is 1110. The summed E-state index contributed by atoms with van der Waals surface area (Å²) in [6.45, 7) is 3.08. The van der Waals surface area contributed by atoms with Gasteiger partial charge in [0.25, 0.3) is 11.6 Å². The average molecular weight is 466 g/mol. The summed E-state index contributed by atoms with van der Waals surface area (Å²) in [4.78, 5) is 61.3. The number of anilines is 1. The number of rotatable bonds is 10. The highest BCUT2D eigenvalue weighted by molar-refractivity contribution is 6.11. The molecule has 178 valence electrons. The van der Waals surface area contributed by atoms with Gasteiger partial charge in [-0.05, 0) is 55.3 Å². The maximum absolute atomic E-state index is 13.0. The third-order valence-corrected chi connectivity index (χ3v) is 5.73. The van der Waals surface area contributed by atoms with E-state index in [1.165, 1.54) is 43.3 Å². The molecule has 0 saturated carbocycles. The summed E-state index contributed by atoms with van der Waals surface area (Å²) in [5, 5.41) is 16.2. The Morgan fingerprint density at radius 1 is 1.06 bits per heavy atom. The molecule has 1 saturated heterocycles. The van der Waals surface area contributed by atoms with Crippen molar-refractivity contribution in [3.05, 3.63) is 69.8 Å². The number of urea groups is 1. The number of nitrogens with one attached hydrogen (secondary N) is 2. The van der Waals surface area contributed by atoms with Crippen molar-refractivity contribution < 1.29 is 24.1 Å². The third kappa shape index (κ3) is 5.28. The quantitative estimate of drug-likeness (QED) is 0.180. The standard InChI is InChI=1S/C24H26N4O6/c1-3-4-5-6-21(30)25-18-11-7-16(8-12-18)20(29)15-27-22(31)24(2,26-23(27)32)17-9-13-19(14-10-17)28(33)34/h7-14H,3-6,15H2,1-2H3,(H,25,30)(H,26,32)/t24-/m0/s1. The smallest absolute Gasteiger partial charge is 0.325 e. The Balaban J connectivity index is 1.65. The highest BCUT2D eigenvalue weighted by Crippen LogP contribution is 2.30. The number of hydrogen-bond donors (Lipinski definition) is 2. The molecule has 34 heavy (non-hydrogen) atoms. The highest BCUT2D eigenvalue weighted by Gasteiger charge is 2.49. The molecular formula is C24H26N4O6. The van der Waals surface area contributed by atoms with E-state index in [2.05, 4.69) is 17.6 Å². The molecule has 1 aliphatic heterocycles. The predicted molar refractivity (Wildman–Crippen MR) is 124 cm³/mol. The summed E-state index contributed by atoms with van der Waals surface area (Å²) in [5.41, 5.74) is -0.382. The number of nitro benzene ring substituents is 1. The Morgan fingerprint density at radius 3 is 2.29 bits per heavy atom. The molecule has 0 aliphatic carbocycles. The van der Waals surface area contributed by atoms with E-state index < -0.39 is 34.7 Å². The van der Waals surface area contributed by atoms with Gasteiger partial charge in [0, 0.05) is 29.8 Å². The summed E-state index contributed by atoms with van der Waals surface area (Å²) < 4.78 is 0. The van der Waals surface area contributed by atoms with Gasteiger partial charge in [0.05, 0.1) is 11.5 Å². The fourth-order valence-electron chi connectivity index (χ4n) is 3.69. The first-order chi connectivity index (χ1) is 16.2. The van der Waals surface area contributed by atoms with Crippen molar-refractivity contribution in [1.29, 1.82) is 0 Å². The number of carbonyl (C=O) groups excluding carboxylic acids is 4. The van der Waals surface area contributed by atoms with Crippen molar-refractivity contribution in [3.63, 3.8) is 0 Å².